The average molecular weight is 320 g/mol. The summed E-state index contributed by atoms with van der Waals surface area (Å²) < 4.78 is 32.7. The van der Waals surface area contributed by atoms with Gasteiger partial charge in [0.2, 0.25) is 0 Å². The Morgan fingerprint density at radius 3 is 2.30 bits per heavy atom. The molecule has 2 aliphatic carbocycles. The number of fused-ring (bicyclic) bond motifs is 1. The van der Waals surface area contributed by atoms with E-state index >= 15 is 0 Å². The van der Waals surface area contributed by atoms with Crippen LogP contribution in [0.2, 0.25) is 0 Å². The lowest BCUT2D eigenvalue weighted by atomic mass is 9.64. The summed E-state index contributed by atoms with van der Waals surface area (Å²) in [7, 11) is 1.30. The lowest BCUT2D eigenvalue weighted by Crippen LogP contribution is -2.30. The van der Waals surface area contributed by atoms with Gasteiger partial charge in [0.1, 0.15) is 0 Å². The lowest BCUT2D eigenvalue weighted by Gasteiger charge is -2.41. The summed E-state index contributed by atoms with van der Waals surface area (Å²) in [6.45, 7) is 2.09. The first-order chi connectivity index (χ1) is 11.1. The predicted molar refractivity (Wildman–Crippen MR) is 88.6 cm³/mol. The van der Waals surface area contributed by atoms with Gasteiger partial charge in [-0.3, -0.25) is 0 Å². The van der Waals surface area contributed by atoms with E-state index in [9.17, 15) is 8.78 Å². The second kappa shape index (κ2) is 7.02. The van der Waals surface area contributed by atoms with Gasteiger partial charge in [-0.25, -0.2) is 8.78 Å². The maximum absolute atomic E-state index is 14.0. The van der Waals surface area contributed by atoms with Crippen molar-refractivity contribution in [3.05, 3.63) is 41.5 Å². The van der Waals surface area contributed by atoms with E-state index in [1.165, 1.54) is 44.9 Å². The van der Waals surface area contributed by atoms with E-state index in [0.29, 0.717) is 5.92 Å². The normalized spacial score (nSPS) is 31.1. The number of halogens is 2. The van der Waals surface area contributed by atoms with Crippen molar-refractivity contribution in [1.82, 2.24) is 0 Å². The van der Waals surface area contributed by atoms with Crippen molar-refractivity contribution in [3.63, 3.8) is 0 Å². The fourth-order valence-electron chi connectivity index (χ4n) is 4.69. The predicted octanol–water partition coefficient (Wildman–Crippen LogP) is 5.85. The third-order valence-corrected chi connectivity index (χ3v) is 5.81. The van der Waals surface area contributed by atoms with Crippen LogP contribution in [-0.4, -0.2) is 7.11 Å². The van der Waals surface area contributed by atoms with Crippen molar-refractivity contribution in [2.24, 2.45) is 17.8 Å². The van der Waals surface area contributed by atoms with Crippen LogP contribution in [0.5, 0.6) is 5.75 Å². The minimum Gasteiger partial charge on any atom is -0.491 e. The minimum absolute atomic E-state index is 0.269. The van der Waals surface area contributed by atoms with Crippen LogP contribution in [0.1, 0.15) is 56.9 Å². The van der Waals surface area contributed by atoms with Crippen LogP contribution in [0.3, 0.4) is 0 Å². The molecule has 3 heteroatoms. The van der Waals surface area contributed by atoms with Gasteiger partial charge in [0.25, 0.3) is 0 Å². The van der Waals surface area contributed by atoms with Crippen LogP contribution in [0.25, 0.3) is 0 Å². The molecule has 23 heavy (non-hydrogen) atoms. The van der Waals surface area contributed by atoms with Crippen LogP contribution < -0.4 is 4.74 Å². The number of rotatable bonds is 3. The Hall–Kier alpha value is -1.38. The van der Waals surface area contributed by atoms with E-state index in [1.807, 2.05) is 0 Å². The highest BCUT2D eigenvalue weighted by molar-refractivity contribution is 5.33. The first kappa shape index (κ1) is 16.5. The third-order valence-electron chi connectivity index (χ3n) is 5.81. The van der Waals surface area contributed by atoms with Crippen LogP contribution in [-0.2, 0) is 0 Å². The van der Waals surface area contributed by atoms with Crippen molar-refractivity contribution < 1.29 is 13.5 Å². The summed E-state index contributed by atoms with van der Waals surface area (Å²) in [5.74, 6) is 1.08. The molecule has 0 N–H and O–H groups in total. The molecular formula is C20H26F2O. The zero-order chi connectivity index (χ0) is 16.4. The highest BCUT2D eigenvalue weighted by Gasteiger charge is 2.35. The molecule has 3 rings (SSSR count). The first-order valence-electron chi connectivity index (χ1n) is 8.78. The molecule has 4 unspecified atom stereocenters. The fraction of sp³-hybridized carbons (Fsp3) is 0.600. The van der Waals surface area contributed by atoms with E-state index in [2.05, 4.69) is 19.1 Å². The zero-order valence-corrected chi connectivity index (χ0v) is 14.0. The summed E-state index contributed by atoms with van der Waals surface area (Å²) in [5, 5.41) is 0. The van der Waals surface area contributed by atoms with Gasteiger partial charge in [-0.05, 0) is 86.8 Å². The molecule has 0 radical (unpaired) electrons. The first-order valence-corrected chi connectivity index (χ1v) is 8.78. The van der Waals surface area contributed by atoms with Gasteiger partial charge in [0.15, 0.2) is 17.4 Å². The third kappa shape index (κ3) is 3.44. The molecule has 2 aliphatic rings. The van der Waals surface area contributed by atoms with Crippen LogP contribution >= 0.6 is 0 Å². The van der Waals surface area contributed by atoms with Gasteiger partial charge in [-0.2, -0.15) is 0 Å². The molecule has 0 aromatic heterocycles. The number of allylic oxidation sites excluding steroid dienone is 2. The van der Waals surface area contributed by atoms with Crippen molar-refractivity contribution in [3.8, 4) is 5.75 Å². The maximum atomic E-state index is 14.0. The lowest BCUT2D eigenvalue weighted by molar-refractivity contribution is 0.133. The summed E-state index contributed by atoms with van der Waals surface area (Å²) >= 11 is 0. The highest BCUT2D eigenvalue weighted by Crippen LogP contribution is 2.48. The molecule has 126 valence electrons. The Bertz CT molecular complexity index is 558. The highest BCUT2D eigenvalue weighted by atomic mass is 19.1. The van der Waals surface area contributed by atoms with Crippen molar-refractivity contribution in [2.45, 2.75) is 51.4 Å². The van der Waals surface area contributed by atoms with E-state index in [0.717, 1.165) is 30.2 Å². The quantitative estimate of drug-likeness (QED) is 0.635. The molecule has 1 aromatic rings. The Morgan fingerprint density at radius 2 is 1.65 bits per heavy atom. The van der Waals surface area contributed by atoms with Crippen LogP contribution in [0.15, 0.2) is 24.3 Å². The second-order valence-electron chi connectivity index (χ2n) is 7.15. The number of hydrogen-bond donors (Lipinski definition) is 0. The summed E-state index contributed by atoms with van der Waals surface area (Å²) in [5.41, 5.74) is 0.801. The van der Waals surface area contributed by atoms with Gasteiger partial charge in [0, 0.05) is 0 Å². The van der Waals surface area contributed by atoms with Crippen molar-refractivity contribution in [2.75, 3.05) is 7.11 Å². The average Bonchev–Trinajstić information content (AvgIpc) is 2.54. The molecule has 0 bridgehead atoms. The van der Waals surface area contributed by atoms with Crippen molar-refractivity contribution in [1.29, 1.82) is 0 Å². The molecule has 1 aromatic carbocycles. The van der Waals surface area contributed by atoms with E-state index < -0.39 is 11.6 Å². The Balaban J connectivity index is 1.71. The van der Waals surface area contributed by atoms with Crippen LogP contribution in [0.4, 0.5) is 8.78 Å². The number of benzene rings is 1. The van der Waals surface area contributed by atoms with Gasteiger partial charge < -0.3 is 4.74 Å². The van der Waals surface area contributed by atoms with Gasteiger partial charge in [-0.15, -0.1) is 0 Å². The summed E-state index contributed by atoms with van der Waals surface area (Å²) in [4.78, 5) is 0. The zero-order valence-electron chi connectivity index (χ0n) is 14.0. The number of methoxy groups -OCH3 is 1. The molecule has 0 aliphatic heterocycles. The molecule has 0 heterocycles. The van der Waals surface area contributed by atoms with Gasteiger partial charge in [0.05, 0.1) is 7.11 Å². The molecule has 0 amide bonds. The van der Waals surface area contributed by atoms with Crippen molar-refractivity contribution >= 4 is 0 Å². The van der Waals surface area contributed by atoms with E-state index in [4.69, 9.17) is 4.74 Å². The summed E-state index contributed by atoms with van der Waals surface area (Å²) in [6, 6.07) is 2.94. The number of hydrogen-bond acceptors (Lipinski definition) is 1. The molecule has 2 fully saturated rings. The molecule has 1 nitrogen and oxygen atoms in total. The number of ether oxygens (including phenoxy) is 1. The largest absolute Gasteiger partial charge is 0.491 e. The Morgan fingerprint density at radius 1 is 1.00 bits per heavy atom. The molecule has 2 saturated carbocycles. The molecule has 4 atom stereocenters. The van der Waals surface area contributed by atoms with E-state index in [-0.39, 0.29) is 11.7 Å². The van der Waals surface area contributed by atoms with Gasteiger partial charge >= 0.3 is 0 Å². The SMILES string of the molecule is C/C=C/C1CCC2CC(c3cc(F)c(OC)c(F)c3)CCC2C1. The summed E-state index contributed by atoms with van der Waals surface area (Å²) in [6.07, 6.45) is 11.6. The smallest absolute Gasteiger partial charge is 0.190 e. The fourth-order valence-corrected chi connectivity index (χ4v) is 4.69. The molecule has 0 saturated heterocycles. The van der Waals surface area contributed by atoms with E-state index in [1.54, 1.807) is 0 Å². The van der Waals surface area contributed by atoms with Crippen LogP contribution in [0, 0.1) is 29.4 Å². The topological polar surface area (TPSA) is 9.23 Å². The molecular weight excluding hydrogens is 294 g/mol. The molecule has 0 spiro atoms. The maximum Gasteiger partial charge on any atom is 0.190 e. The van der Waals surface area contributed by atoms with Gasteiger partial charge in [-0.1, -0.05) is 12.2 Å². The minimum atomic E-state index is -0.582. The second-order valence-corrected chi connectivity index (χ2v) is 7.15. The standard InChI is InChI=1S/C20H26F2O/c1-3-4-13-5-6-15-10-16(8-7-14(15)9-13)17-11-18(21)20(23-2)19(22)12-17/h3-4,11-16H,5-10H2,1-2H3/b4-3+. The monoisotopic (exact) mass is 320 g/mol. The Labute approximate surface area is 137 Å². The Kier molecular flexibility index (Phi) is 5.03.